The van der Waals surface area contributed by atoms with E-state index in [1.165, 1.54) is 17.7 Å². The second-order valence-electron chi connectivity index (χ2n) is 6.47. The molecule has 2 aromatic carbocycles. The standard InChI is InChI=1S/C20H24F2N2O/c1-14(2)16-6-4-15(5-7-16)13-24(3)20(25)23-11-10-17-8-9-18(21)12-19(17)22/h4-9,12,14H,10-11,13H2,1-3H3,(H,23,25). The first kappa shape index (κ1) is 18.9. The SMILES string of the molecule is CC(C)c1ccc(CN(C)C(=O)NCCc2ccc(F)cc2F)cc1. The van der Waals surface area contributed by atoms with Gasteiger partial charge in [-0.25, -0.2) is 13.6 Å². The summed E-state index contributed by atoms with van der Waals surface area (Å²) in [6, 6.07) is 11.4. The predicted molar refractivity (Wildman–Crippen MR) is 95.5 cm³/mol. The van der Waals surface area contributed by atoms with Gasteiger partial charge in [-0.3, -0.25) is 0 Å². The number of halogens is 2. The molecule has 3 nitrogen and oxygen atoms in total. The number of carbonyl (C=O) groups excluding carboxylic acids is 1. The smallest absolute Gasteiger partial charge is 0.317 e. The first-order chi connectivity index (χ1) is 11.9. The Labute approximate surface area is 147 Å². The van der Waals surface area contributed by atoms with E-state index >= 15 is 0 Å². The minimum Gasteiger partial charge on any atom is -0.338 e. The second-order valence-corrected chi connectivity index (χ2v) is 6.47. The van der Waals surface area contributed by atoms with Crippen LogP contribution < -0.4 is 5.32 Å². The van der Waals surface area contributed by atoms with E-state index in [-0.39, 0.29) is 12.6 Å². The van der Waals surface area contributed by atoms with E-state index in [2.05, 4.69) is 31.3 Å². The molecule has 0 aromatic heterocycles. The number of hydrogen-bond acceptors (Lipinski definition) is 1. The van der Waals surface area contributed by atoms with Gasteiger partial charge in [0.05, 0.1) is 0 Å². The van der Waals surface area contributed by atoms with Gasteiger partial charge in [-0.1, -0.05) is 44.2 Å². The van der Waals surface area contributed by atoms with Crippen molar-refractivity contribution in [3.8, 4) is 0 Å². The number of carbonyl (C=O) groups is 1. The van der Waals surface area contributed by atoms with E-state index in [9.17, 15) is 13.6 Å². The van der Waals surface area contributed by atoms with Gasteiger partial charge in [-0.2, -0.15) is 0 Å². The molecule has 0 saturated carbocycles. The van der Waals surface area contributed by atoms with Crippen molar-refractivity contribution in [2.45, 2.75) is 32.7 Å². The highest BCUT2D eigenvalue weighted by Gasteiger charge is 2.10. The summed E-state index contributed by atoms with van der Waals surface area (Å²) in [7, 11) is 1.71. The Bertz CT molecular complexity index is 714. The van der Waals surface area contributed by atoms with Crippen LogP contribution in [0.1, 0.15) is 36.5 Å². The summed E-state index contributed by atoms with van der Waals surface area (Å²) >= 11 is 0. The summed E-state index contributed by atoms with van der Waals surface area (Å²) in [6.07, 6.45) is 0.314. The molecule has 0 bridgehead atoms. The van der Waals surface area contributed by atoms with Gasteiger partial charge >= 0.3 is 6.03 Å². The highest BCUT2D eigenvalue weighted by Crippen LogP contribution is 2.15. The molecule has 0 spiro atoms. The zero-order valence-electron chi connectivity index (χ0n) is 14.9. The molecule has 2 rings (SSSR count). The van der Waals surface area contributed by atoms with E-state index in [1.807, 2.05) is 12.1 Å². The van der Waals surface area contributed by atoms with Crippen molar-refractivity contribution in [1.29, 1.82) is 0 Å². The van der Waals surface area contributed by atoms with Crippen LogP contribution in [-0.4, -0.2) is 24.5 Å². The number of nitrogens with zero attached hydrogens (tertiary/aromatic N) is 1. The Morgan fingerprint density at radius 2 is 1.80 bits per heavy atom. The fourth-order valence-corrected chi connectivity index (χ4v) is 2.52. The largest absolute Gasteiger partial charge is 0.338 e. The molecule has 1 N–H and O–H groups in total. The Kier molecular flexibility index (Phi) is 6.51. The molecule has 0 heterocycles. The van der Waals surface area contributed by atoms with E-state index in [0.717, 1.165) is 11.6 Å². The first-order valence-corrected chi connectivity index (χ1v) is 8.38. The second kappa shape index (κ2) is 8.60. The Balaban J connectivity index is 1.81. The quantitative estimate of drug-likeness (QED) is 0.822. The zero-order chi connectivity index (χ0) is 18.4. The monoisotopic (exact) mass is 346 g/mol. The van der Waals surface area contributed by atoms with Crippen molar-refractivity contribution >= 4 is 6.03 Å². The van der Waals surface area contributed by atoms with Crippen LogP contribution in [0.25, 0.3) is 0 Å². The van der Waals surface area contributed by atoms with E-state index in [0.29, 0.717) is 24.4 Å². The van der Waals surface area contributed by atoms with Crippen LogP contribution in [0.15, 0.2) is 42.5 Å². The van der Waals surface area contributed by atoms with Gasteiger partial charge < -0.3 is 10.2 Å². The normalized spacial score (nSPS) is 10.8. The summed E-state index contributed by atoms with van der Waals surface area (Å²) in [5, 5.41) is 2.75. The van der Waals surface area contributed by atoms with Crippen LogP contribution in [0, 0.1) is 11.6 Å². The topological polar surface area (TPSA) is 32.3 Å². The van der Waals surface area contributed by atoms with Gasteiger partial charge in [0, 0.05) is 26.2 Å². The highest BCUT2D eigenvalue weighted by atomic mass is 19.1. The maximum atomic E-state index is 13.5. The molecule has 2 aromatic rings. The fourth-order valence-electron chi connectivity index (χ4n) is 2.52. The molecule has 0 aliphatic heterocycles. The van der Waals surface area contributed by atoms with E-state index in [4.69, 9.17) is 0 Å². The molecule has 25 heavy (non-hydrogen) atoms. The van der Waals surface area contributed by atoms with Crippen LogP contribution >= 0.6 is 0 Å². The summed E-state index contributed by atoms with van der Waals surface area (Å²) < 4.78 is 26.4. The number of hydrogen-bond donors (Lipinski definition) is 1. The van der Waals surface area contributed by atoms with Crippen LogP contribution in [0.5, 0.6) is 0 Å². The van der Waals surface area contributed by atoms with Gasteiger partial charge in [0.15, 0.2) is 0 Å². The molecule has 2 amide bonds. The lowest BCUT2D eigenvalue weighted by Gasteiger charge is -2.18. The van der Waals surface area contributed by atoms with Gasteiger partial charge in [-0.05, 0) is 35.1 Å². The lowest BCUT2D eigenvalue weighted by molar-refractivity contribution is 0.207. The maximum Gasteiger partial charge on any atom is 0.317 e. The molecular formula is C20H24F2N2O. The molecule has 0 aliphatic rings. The minimum absolute atomic E-state index is 0.226. The van der Waals surface area contributed by atoms with Crippen LogP contribution in [0.3, 0.4) is 0 Å². The van der Waals surface area contributed by atoms with Gasteiger partial charge in [0.25, 0.3) is 0 Å². The summed E-state index contributed by atoms with van der Waals surface area (Å²) in [6.45, 7) is 5.06. The zero-order valence-corrected chi connectivity index (χ0v) is 14.9. The average molecular weight is 346 g/mol. The van der Waals surface area contributed by atoms with Crippen LogP contribution in [-0.2, 0) is 13.0 Å². The summed E-state index contributed by atoms with van der Waals surface area (Å²) in [4.78, 5) is 13.7. The Morgan fingerprint density at radius 3 is 2.40 bits per heavy atom. The number of nitrogens with one attached hydrogen (secondary N) is 1. The minimum atomic E-state index is -0.603. The molecule has 0 unspecified atom stereocenters. The van der Waals surface area contributed by atoms with Crippen molar-refractivity contribution in [3.05, 3.63) is 70.8 Å². The molecule has 0 fully saturated rings. The third-order valence-corrected chi connectivity index (χ3v) is 4.10. The first-order valence-electron chi connectivity index (χ1n) is 8.38. The summed E-state index contributed by atoms with van der Waals surface area (Å²) in [5.41, 5.74) is 2.69. The third-order valence-electron chi connectivity index (χ3n) is 4.10. The van der Waals surface area contributed by atoms with Crippen molar-refractivity contribution in [1.82, 2.24) is 10.2 Å². The third kappa shape index (κ3) is 5.55. The van der Waals surface area contributed by atoms with Gasteiger partial charge in [0.2, 0.25) is 0 Å². The average Bonchev–Trinajstić information content (AvgIpc) is 2.57. The molecule has 5 heteroatoms. The molecular weight excluding hydrogens is 322 g/mol. The molecule has 0 saturated heterocycles. The molecule has 0 radical (unpaired) electrons. The van der Waals surface area contributed by atoms with Gasteiger partial charge in [0.1, 0.15) is 11.6 Å². The van der Waals surface area contributed by atoms with Crippen LogP contribution in [0.4, 0.5) is 13.6 Å². The molecule has 0 atom stereocenters. The van der Waals surface area contributed by atoms with Crippen molar-refractivity contribution < 1.29 is 13.6 Å². The summed E-state index contributed by atoms with van der Waals surface area (Å²) in [5.74, 6) is -0.719. The number of amides is 2. The highest BCUT2D eigenvalue weighted by molar-refractivity contribution is 5.73. The number of rotatable bonds is 6. The lowest BCUT2D eigenvalue weighted by atomic mass is 10.0. The number of urea groups is 1. The lowest BCUT2D eigenvalue weighted by Crippen LogP contribution is -2.37. The maximum absolute atomic E-state index is 13.5. The Hall–Kier alpha value is -2.43. The Morgan fingerprint density at radius 1 is 1.12 bits per heavy atom. The van der Waals surface area contributed by atoms with Crippen molar-refractivity contribution in [2.24, 2.45) is 0 Å². The fraction of sp³-hybridized carbons (Fsp3) is 0.350. The van der Waals surface area contributed by atoms with Crippen molar-refractivity contribution in [2.75, 3.05) is 13.6 Å². The van der Waals surface area contributed by atoms with E-state index < -0.39 is 11.6 Å². The van der Waals surface area contributed by atoms with E-state index in [1.54, 1.807) is 11.9 Å². The van der Waals surface area contributed by atoms with Gasteiger partial charge in [-0.15, -0.1) is 0 Å². The number of benzene rings is 2. The molecule has 0 aliphatic carbocycles. The van der Waals surface area contributed by atoms with Crippen molar-refractivity contribution in [3.63, 3.8) is 0 Å². The van der Waals surface area contributed by atoms with Crippen LogP contribution in [0.2, 0.25) is 0 Å². The predicted octanol–water partition coefficient (Wildman–Crippen LogP) is 4.47. The molecule has 134 valence electrons.